The third-order valence-corrected chi connectivity index (χ3v) is 11.5. The number of hydrogen-bond donors (Lipinski definition) is 2. The van der Waals surface area contributed by atoms with Crippen molar-refractivity contribution in [1.29, 1.82) is 0 Å². The Morgan fingerprint density at radius 3 is 1.79 bits per heavy atom. The van der Waals surface area contributed by atoms with Crippen LogP contribution >= 0.6 is 0 Å². The van der Waals surface area contributed by atoms with Crippen LogP contribution in [-0.2, 0) is 20.5 Å². The fraction of sp³-hybridized carbons (Fsp3) is 0.357. The third kappa shape index (κ3) is 5.03. The molecule has 5 nitrogen and oxygen atoms in total. The van der Waals surface area contributed by atoms with Gasteiger partial charge in [-0.2, -0.15) is 0 Å². The highest BCUT2D eigenvalue weighted by Crippen LogP contribution is 2.39. The molecule has 1 heterocycles. The summed E-state index contributed by atoms with van der Waals surface area (Å²) in [5.41, 5.74) is 1.04. The van der Waals surface area contributed by atoms with Crippen molar-refractivity contribution in [3.8, 4) is 0 Å². The number of hydrogen-bond acceptors (Lipinski definition) is 5. The van der Waals surface area contributed by atoms with Gasteiger partial charge in [-0.1, -0.05) is 112 Å². The van der Waals surface area contributed by atoms with Gasteiger partial charge >= 0.3 is 0 Å². The first-order chi connectivity index (χ1) is 16.3. The molecule has 2 N–H and O–H groups in total. The molecule has 0 aromatic heterocycles. The average molecular weight is 479 g/mol. The predicted octanol–water partition coefficient (Wildman–Crippen LogP) is 3.23. The minimum absolute atomic E-state index is 0.160. The maximum Gasteiger partial charge on any atom is 0.261 e. The van der Waals surface area contributed by atoms with E-state index in [0.717, 1.165) is 15.9 Å². The van der Waals surface area contributed by atoms with Crippen LogP contribution in [0.15, 0.2) is 91.0 Å². The Bertz CT molecular complexity index is 983. The predicted molar refractivity (Wildman–Crippen MR) is 135 cm³/mol. The van der Waals surface area contributed by atoms with E-state index in [1.165, 1.54) is 0 Å². The van der Waals surface area contributed by atoms with E-state index in [-0.39, 0.29) is 11.6 Å². The van der Waals surface area contributed by atoms with Crippen LogP contribution in [0, 0.1) is 0 Å². The Hall–Kier alpha value is -2.32. The molecule has 0 amide bonds. The molecule has 1 saturated heterocycles. The van der Waals surface area contributed by atoms with E-state index in [1.54, 1.807) is 0 Å². The van der Waals surface area contributed by atoms with Gasteiger partial charge in [0.25, 0.3) is 8.32 Å². The normalized spacial score (nSPS) is 23.2. The lowest BCUT2D eigenvalue weighted by Crippen LogP contribution is -2.69. The van der Waals surface area contributed by atoms with Crippen molar-refractivity contribution >= 4 is 18.7 Å². The first-order valence-corrected chi connectivity index (χ1v) is 13.7. The minimum Gasteiger partial charge on any atom is -0.396 e. The van der Waals surface area contributed by atoms with Crippen molar-refractivity contribution < 1.29 is 24.1 Å². The summed E-state index contributed by atoms with van der Waals surface area (Å²) in [5, 5.41) is 23.9. The van der Waals surface area contributed by atoms with Crippen LogP contribution in [0.25, 0.3) is 0 Å². The van der Waals surface area contributed by atoms with Crippen LogP contribution in [0.1, 0.15) is 26.3 Å². The highest BCUT2D eigenvalue weighted by atomic mass is 28.4. The molecule has 6 heteroatoms. The van der Waals surface area contributed by atoms with Gasteiger partial charge in [0.15, 0.2) is 6.29 Å². The zero-order valence-corrected chi connectivity index (χ0v) is 21.0. The van der Waals surface area contributed by atoms with Crippen LogP contribution in [0.3, 0.4) is 0 Å². The van der Waals surface area contributed by atoms with Crippen LogP contribution in [0.5, 0.6) is 0 Å². The first kappa shape index (κ1) is 24.8. The van der Waals surface area contributed by atoms with Gasteiger partial charge in [0.2, 0.25) is 0 Å². The summed E-state index contributed by atoms with van der Waals surface area (Å²) in [6.45, 7) is 7.05. The summed E-state index contributed by atoms with van der Waals surface area (Å²) in [6.07, 6.45) is -3.84. The number of ether oxygens (including phenoxy) is 2. The Balaban J connectivity index is 1.60. The van der Waals surface area contributed by atoms with E-state index in [1.807, 2.05) is 66.7 Å². The summed E-state index contributed by atoms with van der Waals surface area (Å²) >= 11 is 0. The lowest BCUT2D eigenvalue weighted by atomic mass is 10.1. The molecular weight excluding hydrogens is 444 g/mol. The monoisotopic (exact) mass is 478 g/mol. The van der Waals surface area contributed by atoms with E-state index in [9.17, 15) is 10.2 Å². The number of aliphatic hydroxyl groups is 2. The van der Waals surface area contributed by atoms with Crippen molar-refractivity contribution in [3.05, 3.63) is 96.6 Å². The number of aliphatic hydroxyl groups excluding tert-OH is 2. The summed E-state index contributed by atoms with van der Waals surface area (Å²) in [5.74, 6) is 0. The first-order valence-electron chi connectivity index (χ1n) is 11.7. The fourth-order valence-corrected chi connectivity index (χ4v) is 9.42. The molecule has 0 radical (unpaired) electrons. The van der Waals surface area contributed by atoms with Crippen LogP contribution in [0.2, 0.25) is 5.04 Å². The third-order valence-electron chi connectivity index (χ3n) is 6.44. The quantitative estimate of drug-likeness (QED) is 0.487. The zero-order valence-electron chi connectivity index (χ0n) is 20.0. The van der Waals surface area contributed by atoms with Gasteiger partial charge in [-0.05, 0) is 21.0 Å². The van der Waals surface area contributed by atoms with Crippen LogP contribution in [-0.4, -0.2) is 49.7 Å². The molecule has 4 unspecified atom stereocenters. The lowest BCUT2D eigenvalue weighted by Gasteiger charge is -2.45. The largest absolute Gasteiger partial charge is 0.396 e. The Morgan fingerprint density at radius 2 is 1.29 bits per heavy atom. The van der Waals surface area contributed by atoms with Crippen molar-refractivity contribution in [2.24, 2.45) is 0 Å². The summed E-state index contributed by atoms with van der Waals surface area (Å²) in [6, 6.07) is 30.2. The van der Waals surface area contributed by atoms with Gasteiger partial charge in [0.1, 0.15) is 18.3 Å². The van der Waals surface area contributed by atoms with Crippen molar-refractivity contribution in [3.63, 3.8) is 0 Å². The molecule has 180 valence electrons. The van der Waals surface area contributed by atoms with Gasteiger partial charge in [0, 0.05) is 0 Å². The lowest BCUT2D eigenvalue weighted by molar-refractivity contribution is -0.135. The Labute approximate surface area is 203 Å². The summed E-state index contributed by atoms with van der Waals surface area (Å²) in [4.78, 5) is 0. The van der Waals surface area contributed by atoms with E-state index in [0.29, 0.717) is 6.61 Å². The van der Waals surface area contributed by atoms with E-state index >= 15 is 0 Å². The molecule has 4 rings (SSSR count). The SMILES string of the molecule is CC(C)(C)[Si](OC1C(O)OC(COCc2ccccc2)C1O)(c1ccccc1)c1ccccc1. The molecule has 0 saturated carbocycles. The van der Waals surface area contributed by atoms with Crippen LogP contribution in [0.4, 0.5) is 0 Å². The molecule has 0 aliphatic carbocycles. The van der Waals surface area contributed by atoms with Crippen LogP contribution < -0.4 is 10.4 Å². The standard InChI is InChI=1S/C28H34O5Si/c1-28(2,3)34(22-15-9-5-10-16-22,23-17-11-6-12-18-23)33-26-25(29)24(32-27(26)30)20-31-19-21-13-7-4-8-14-21/h4-18,24-27,29-30H,19-20H2,1-3H3. The Kier molecular flexibility index (Phi) is 7.67. The van der Waals surface area contributed by atoms with Crippen molar-refractivity contribution in [2.75, 3.05) is 6.61 Å². The average Bonchev–Trinajstić information content (AvgIpc) is 3.10. The molecule has 0 spiro atoms. The summed E-state index contributed by atoms with van der Waals surface area (Å²) < 4.78 is 18.4. The molecule has 1 aliphatic rings. The van der Waals surface area contributed by atoms with Gasteiger partial charge in [0.05, 0.1) is 13.2 Å². The number of rotatable bonds is 8. The molecule has 1 aliphatic heterocycles. The Morgan fingerprint density at radius 1 is 0.794 bits per heavy atom. The van der Waals surface area contributed by atoms with E-state index in [2.05, 4.69) is 45.0 Å². The molecular formula is C28H34O5Si. The zero-order chi connectivity index (χ0) is 24.2. The second-order valence-electron chi connectivity index (χ2n) is 9.80. The summed E-state index contributed by atoms with van der Waals surface area (Å²) in [7, 11) is -2.95. The van der Waals surface area contributed by atoms with Crippen molar-refractivity contribution in [1.82, 2.24) is 0 Å². The molecule has 34 heavy (non-hydrogen) atoms. The molecule has 4 atom stereocenters. The minimum atomic E-state index is -2.95. The fourth-order valence-electron chi connectivity index (χ4n) is 4.75. The molecule has 1 fully saturated rings. The van der Waals surface area contributed by atoms with Gasteiger partial charge < -0.3 is 24.1 Å². The second-order valence-corrected chi connectivity index (χ2v) is 14.1. The topological polar surface area (TPSA) is 68.2 Å². The van der Waals surface area contributed by atoms with Gasteiger partial charge in [-0.25, -0.2) is 0 Å². The second kappa shape index (κ2) is 10.5. The highest BCUT2D eigenvalue weighted by molar-refractivity contribution is 6.99. The highest BCUT2D eigenvalue weighted by Gasteiger charge is 2.55. The maximum absolute atomic E-state index is 11.2. The molecule has 0 bridgehead atoms. The number of benzene rings is 3. The molecule has 3 aromatic carbocycles. The maximum atomic E-state index is 11.2. The molecule has 3 aromatic rings. The van der Waals surface area contributed by atoms with E-state index in [4.69, 9.17) is 13.9 Å². The van der Waals surface area contributed by atoms with Gasteiger partial charge in [-0.3, -0.25) is 0 Å². The van der Waals surface area contributed by atoms with Crippen molar-refractivity contribution in [2.45, 2.75) is 57.0 Å². The van der Waals surface area contributed by atoms with Gasteiger partial charge in [-0.15, -0.1) is 0 Å². The smallest absolute Gasteiger partial charge is 0.261 e. The van der Waals surface area contributed by atoms with E-state index < -0.39 is 32.9 Å².